The van der Waals surface area contributed by atoms with Crippen molar-refractivity contribution in [3.8, 4) is 0 Å². The molecule has 0 bridgehead atoms. The number of carbonyl (C=O) groups is 1. The zero-order chi connectivity index (χ0) is 13.4. The van der Waals surface area contributed by atoms with Crippen LogP contribution in [0.3, 0.4) is 0 Å². The van der Waals surface area contributed by atoms with Gasteiger partial charge in [0.1, 0.15) is 6.10 Å². The summed E-state index contributed by atoms with van der Waals surface area (Å²) < 4.78 is 5.67. The second-order valence-corrected chi connectivity index (χ2v) is 5.55. The zero-order valence-corrected chi connectivity index (χ0v) is 11.3. The fraction of sp³-hybridized carbons (Fsp3) is 0.533. The number of amides is 1. The van der Waals surface area contributed by atoms with E-state index in [0.717, 1.165) is 31.5 Å². The zero-order valence-electron chi connectivity index (χ0n) is 11.3. The quantitative estimate of drug-likeness (QED) is 0.782. The summed E-state index contributed by atoms with van der Waals surface area (Å²) in [6.45, 7) is 3.47. The van der Waals surface area contributed by atoms with E-state index in [-0.39, 0.29) is 18.1 Å². The number of nitrogen functional groups attached to an aromatic ring is 1. The van der Waals surface area contributed by atoms with Crippen LogP contribution in [0, 0.1) is 0 Å². The van der Waals surface area contributed by atoms with Gasteiger partial charge in [-0.25, -0.2) is 0 Å². The van der Waals surface area contributed by atoms with Gasteiger partial charge in [-0.3, -0.25) is 4.79 Å². The summed E-state index contributed by atoms with van der Waals surface area (Å²) in [4.78, 5) is 14.3. The molecule has 0 saturated carbocycles. The van der Waals surface area contributed by atoms with Gasteiger partial charge in [-0.1, -0.05) is 6.07 Å². The van der Waals surface area contributed by atoms with Crippen LogP contribution in [0.1, 0.15) is 30.9 Å². The molecule has 2 N–H and O–H groups in total. The first-order chi connectivity index (χ1) is 9.13. The van der Waals surface area contributed by atoms with Crippen molar-refractivity contribution in [2.45, 2.75) is 44.9 Å². The Labute approximate surface area is 113 Å². The predicted molar refractivity (Wildman–Crippen MR) is 73.5 cm³/mol. The molecule has 4 nitrogen and oxygen atoms in total. The minimum Gasteiger partial charge on any atom is -0.399 e. The second kappa shape index (κ2) is 4.85. The van der Waals surface area contributed by atoms with Crippen LogP contribution in [0.2, 0.25) is 0 Å². The molecule has 2 aliphatic rings. The van der Waals surface area contributed by atoms with E-state index >= 15 is 0 Å². The first kappa shape index (κ1) is 12.5. The molecule has 1 saturated heterocycles. The highest BCUT2D eigenvalue weighted by Crippen LogP contribution is 2.25. The van der Waals surface area contributed by atoms with Crippen LogP contribution in [0.15, 0.2) is 18.2 Å². The molecule has 2 atom stereocenters. The molecule has 4 heteroatoms. The number of rotatable bonds is 1. The van der Waals surface area contributed by atoms with Gasteiger partial charge in [-0.05, 0) is 49.4 Å². The van der Waals surface area contributed by atoms with E-state index in [0.29, 0.717) is 6.54 Å². The molecule has 102 valence electrons. The molecule has 0 aromatic heterocycles. The average Bonchev–Trinajstić information content (AvgIpc) is 2.83. The molecule has 0 spiro atoms. The molecule has 2 unspecified atom stereocenters. The van der Waals surface area contributed by atoms with E-state index in [9.17, 15) is 4.79 Å². The molecule has 2 heterocycles. The van der Waals surface area contributed by atoms with Gasteiger partial charge in [0.15, 0.2) is 0 Å². The minimum atomic E-state index is -0.238. The fourth-order valence-electron chi connectivity index (χ4n) is 2.95. The Morgan fingerprint density at radius 3 is 2.95 bits per heavy atom. The standard InChI is InChI=1S/C15H20N2O2/c1-10-2-5-14(19-10)15(18)17-7-6-11-3-4-13(16)8-12(11)9-17/h3-4,8,10,14H,2,5-7,9,16H2,1H3. The monoisotopic (exact) mass is 260 g/mol. The first-order valence-electron chi connectivity index (χ1n) is 6.95. The molecular weight excluding hydrogens is 240 g/mol. The van der Waals surface area contributed by atoms with Crippen molar-refractivity contribution in [1.82, 2.24) is 4.90 Å². The van der Waals surface area contributed by atoms with E-state index in [1.165, 1.54) is 11.1 Å². The van der Waals surface area contributed by atoms with Gasteiger partial charge in [0.05, 0.1) is 6.10 Å². The van der Waals surface area contributed by atoms with Gasteiger partial charge in [-0.15, -0.1) is 0 Å². The van der Waals surface area contributed by atoms with Crippen molar-refractivity contribution in [3.05, 3.63) is 29.3 Å². The first-order valence-corrected chi connectivity index (χ1v) is 6.95. The predicted octanol–water partition coefficient (Wildman–Crippen LogP) is 1.72. The number of hydrogen-bond acceptors (Lipinski definition) is 3. The molecule has 0 radical (unpaired) electrons. The molecule has 1 aromatic carbocycles. The molecular formula is C15H20N2O2. The lowest BCUT2D eigenvalue weighted by Crippen LogP contribution is -2.42. The van der Waals surface area contributed by atoms with Gasteiger partial charge in [-0.2, -0.15) is 0 Å². The SMILES string of the molecule is CC1CCC(C(=O)N2CCc3ccc(N)cc3C2)O1. The molecule has 0 aliphatic carbocycles. The fourth-order valence-corrected chi connectivity index (χ4v) is 2.95. The molecule has 19 heavy (non-hydrogen) atoms. The third-order valence-corrected chi connectivity index (χ3v) is 4.06. The summed E-state index contributed by atoms with van der Waals surface area (Å²) >= 11 is 0. The number of hydrogen-bond donors (Lipinski definition) is 1. The van der Waals surface area contributed by atoms with Crippen LogP contribution in [-0.4, -0.2) is 29.6 Å². The maximum absolute atomic E-state index is 12.4. The van der Waals surface area contributed by atoms with Crippen molar-refractivity contribution in [2.75, 3.05) is 12.3 Å². The number of nitrogens with zero attached hydrogens (tertiary/aromatic N) is 1. The van der Waals surface area contributed by atoms with E-state index in [1.54, 1.807) is 0 Å². The third-order valence-electron chi connectivity index (χ3n) is 4.06. The van der Waals surface area contributed by atoms with E-state index in [1.807, 2.05) is 24.0 Å². The van der Waals surface area contributed by atoms with Crippen LogP contribution in [0.4, 0.5) is 5.69 Å². The van der Waals surface area contributed by atoms with Crippen LogP contribution in [0.25, 0.3) is 0 Å². The van der Waals surface area contributed by atoms with Crippen LogP contribution in [-0.2, 0) is 22.5 Å². The number of benzene rings is 1. The summed E-state index contributed by atoms with van der Waals surface area (Å²) in [6, 6.07) is 5.98. The lowest BCUT2D eigenvalue weighted by atomic mass is 9.98. The Morgan fingerprint density at radius 2 is 2.21 bits per heavy atom. The Kier molecular flexibility index (Phi) is 3.19. The van der Waals surface area contributed by atoms with Crippen molar-refractivity contribution < 1.29 is 9.53 Å². The summed E-state index contributed by atoms with van der Waals surface area (Å²) in [5.74, 6) is 0.137. The number of carbonyl (C=O) groups excluding carboxylic acids is 1. The van der Waals surface area contributed by atoms with Crippen molar-refractivity contribution in [1.29, 1.82) is 0 Å². The lowest BCUT2D eigenvalue weighted by molar-refractivity contribution is -0.143. The maximum Gasteiger partial charge on any atom is 0.252 e. The topological polar surface area (TPSA) is 55.6 Å². The largest absolute Gasteiger partial charge is 0.399 e. The smallest absolute Gasteiger partial charge is 0.252 e. The molecule has 1 aromatic rings. The van der Waals surface area contributed by atoms with Gasteiger partial charge >= 0.3 is 0 Å². The van der Waals surface area contributed by atoms with Gasteiger partial charge in [0.2, 0.25) is 0 Å². The number of nitrogens with two attached hydrogens (primary N) is 1. The molecule has 1 fully saturated rings. The maximum atomic E-state index is 12.4. The van der Waals surface area contributed by atoms with E-state index in [4.69, 9.17) is 10.5 Å². The van der Waals surface area contributed by atoms with E-state index < -0.39 is 0 Å². The summed E-state index contributed by atoms with van der Waals surface area (Å²) in [5, 5.41) is 0. The van der Waals surface area contributed by atoms with Crippen LogP contribution < -0.4 is 5.73 Å². The number of ether oxygens (including phenoxy) is 1. The number of fused-ring (bicyclic) bond motifs is 1. The van der Waals surface area contributed by atoms with Crippen LogP contribution in [0.5, 0.6) is 0 Å². The average molecular weight is 260 g/mol. The normalized spacial score (nSPS) is 26.3. The molecule has 2 aliphatic heterocycles. The van der Waals surface area contributed by atoms with Crippen LogP contribution >= 0.6 is 0 Å². The van der Waals surface area contributed by atoms with Gasteiger partial charge in [0.25, 0.3) is 5.91 Å². The summed E-state index contributed by atoms with van der Waals surface area (Å²) in [7, 11) is 0. The summed E-state index contributed by atoms with van der Waals surface area (Å²) in [6.07, 6.45) is 2.71. The Hall–Kier alpha value is -1.55. The Balaban J connectivity index is 1.73. The van der Waals surface area contributed by atoms with Crippen molar-refractivity contribution in [2.24, 2.45) is 0 Å². The van der Waals surface area contributed by atoms with Crippen molar-refractivity contribution in [3.63, 3.8) is 0 Å². The van der Waals surface area contributed by atoms with Gasteiger partial charge in [0, 0.05) is 18.8 Å². The van der Waals surface area contributed by atoms with Gasteiger partial charge < -0.3 is 15.4 Å². The van der Waals surface area contributed by atoms with E-state index in [2.05, 4.69) is 6.07 Å². The lowest BCUT2D eigenvalue weighted by Gasteiger charge is -2.30. The number of anilines is 1. The second-order valence-electron chi connectivity index (χ2n) is 5.55. The Morgan fingerprint density at radius 1 is 1.37 bits per heavy atom. The molecule has 1 amide bonds. The van der Waals surface area contributed by atoms with Crippen molar-refractivity contribution >= 4 is 11.6 Å². The minimum absolute atomic E-state index is 0.137. The highest BCUT2D eigenvalue weighted by Gasteiger charge is 2.32. The third kappa shape index (κ3) is 2.45. The Bertz CT molecular complexity index is 501. The highest BCUT2D eigenvalue weighted by molar-refractivity contribution is 5.81. The molecule has 3 rings (SSSR count). The summed E-state index contributed by atoms with van der Waals surface area (Å²) in [5.41, 5.74) is 9.05. The highest BCUT2D eigenvalue weighted by atomic mass is 16.5.